The molecule has 6 nitrogen and oxygen atoms in total. The summed E-state index contributed by atoms with van der Waals surface area (Å²) < 4.78 is 19.5. The van der Waals surface area contributed by atoms with E-state index in [0.717, 1.165) is 45.6 Å². The number of likely N-dealkylation sites (tertiary alicyclic amines) is 1. The quantitative estimate of drug-likeness (QED) is 0.810. The summed E-state index contributed by atoms with van der Waals surface area (Å²) in [4.78, 5) is 23.2. The zero-order chi connectivity index (χ0) is 20.4. The topological polar surface area (TPSA) is 67.4 Å². The van der Waals surface area contributed by atoms with Crippen molar-refractivity contribution >= 4 is 23.5 Å². The lowest BCUT2D eigenvalue weighted by Gasteiger charge is -2.33. The first kappa shape index (κ1) is 20.0. The molecule has 1 aromatic heterocycles. The summed E-state index contributed by atoms with van der Waals surface area (Å²) in [5, 5.41) is 3.41. The minimum atomic E-state index is -0.389. The maximum absolute atomic E-state index is 14.1. The molecule has 0 radical (unpaired) electrons. The Bertz CT molecular complexity index is 887. The average molecular weight is 419 g/mol. The second kappa shape index (κ2) is 8.24. The highest BCUT2D eigenvalue weighted by Crippen LogP contribution is 2.40. The van der Waals surface area contributed by atoms with Gasteiger partial charge in [-0.15, -0.1) is 0 Å². The molecule has 1 N–H and O–H groups in total. The smallest absolute Gasteiger partial charge is 0.257 e. The number of nitrogens with one attached hydrogen (secondary N) is 1. The second-order valence-electron chi connectivity index (χ2n) is 7.92. The molecule has 29 heavy (non-hydrogen) atoms. The van der Waals surface area contributed by atoms with Crippen LogP contribution in [0.25, 0.3) is 0 Å². The van der Waals surface area contributed by atoms with E-state index in [4.69, 9.17) is 16.3 Å². The number of halogens is 2. The number of anilines is 1. The molecule has 2 saturated heterocycles. The molecule has 0 saturated carbocycles. The van der Waals surface area contributed by atoms with Crippen LogP contribution in [0.5, 0.6) is 0 Å². The normalized spacial score (nSPS) is 19.3. The molecule has 2 aliphatic rings. The third-order valence-electron chi connectivity index (χ3n) is 5.95. The number of carbonyl (C=O) groups is 1. The first-order chi connectivity index (χ1) is 14.0. The Morgan fingerprint density at radius 3 is 2.69 bits per heavy atom. The number of carbonyl (C=O) groups excluding carboxylic acids is 1. The van der Waals surface area contributed by atoms with Gasteiger partial charge in [0.2, 0.25) is 5.95 Å². The average Bonchev–Trinajstić information content (AvgIpc) is 3.11. The van der Waals surface area contributed by atoms with Crippen molar-refractivity contribution in [3.05, 3.63) is 52.6 Å². The lowest BCUT2D eigenvalue weighted by molar-refractivity contribution is 0.0191. The van der Waals surface area contributed by atoms with Crippen LogP contribution in [0.1, 0.15) is 48.1 Å². The summed E-state index contributed by atoms with van der Waals surface area (Å²) in [7, 11) is 0. The molecule has 1 amide bonds. The number of hydrogen-bond donors (Lipinski definition) is 1. The molecule has 1 aromatic carbocycles. The van der Waals surface area contributed by atoms with Gasteiger partial charge >= 0.3 is 0 Å². The van der Waals surface area contributed by atoms with Crippen LogP contribution < -0.4 is 5.32 Å². The number of aromatic nitrogens is 2. The first-order valence-electron chi connectivity index (χ1n) is 9.86. The molecule has 2 aliphatic heterocycles. The van der Waals surface area contributed by atoms with E-state index in [1.165, 1.54) is 18.5 Å². The van der Waals surface area contributed by atoms with Crippen molar-refractivity contribution in [3.8, 4) is 0 Å². The highest BCUT2D eigenvalue weighted by molar-refractivity contribution is 6.30. The molecule has 8 heteroatoms. The van der Waals surface area contributed by atoms with E-state index in [1.54, 1.807) is 12.1 Å². The Labute approximate surface area is 174 Å². The van der Waals surface area contributed by atoms with Crippen LogP contribution >= 0.6 is 11.6 Å². The Balaban J connectivity index is 1.39. The summed E-state index contributed by atoms with van der Waals surface area (Å²) in [6.07, 6.45) is 6.09. The van der Waals surface area contributed by atoms with Crippen molar-refractivity contribution in [3.63, 3.8) is 0 Å². The fourth-order valence-electron chi connectivity index (χ4n) is 4.14. The lowest BCUT2D eigenvalue weighted by atomic mass is 9.80. The minimum absolute atomic E-state index is 0.0447. The first-order valence-corrected chi connectivity index (χ1v) is 10.2. The van der Waals surface area contributed by atoms with E-state index in [2.05, 4.69) is 15.3 Å². The Hall–Kier alpha value is -2.25. The van der Waals surface area contributed by atoms with E-state index in [9.17, 15) is 9.18 Å². The van der Waals surface area contributed by atoms with Gasteiger partial charge in [-0.25, -0.2) is 14.4 Å². The van der Waals surface area contributed by atoms with Crippen molar-refractivity contribution in [1.29, 1.82) is 0 Å². The number of hydrogen-bond acceptors (Lipinski definition) is 5. The standard InChI is InChI=1S/C21H24ClFN4O2/c1-14(17-3-2-16(22)10-18(17)23)26-20-24-11-15(12-25-20)19(28)27-7-4-21(13-27)5-8-29-9-6-21/h2-3,10-12,14H,4-9,13H2,1H3,(H,24,25,26)/t14-/m1/s1. The van der Waals surface area contributed by atoms with E-state index in [1.807, 2.05) is 11.8 Å². The largest absolute Gasteiger partial charge is 0.381 e. The van der Waals surface area contributed by atoms with Gasteiger partial charge in [0.15, 0.2) is 0 Å². The van der Waals surface area contributed by atoms with E-state index >= 15 is 0 Å². The number of benzene rings is 1. The van der Waals surface area contributed by atoms with Gasteiger partial charge in [-0.05, 0) is 43.7 Å². The molecule has 0 aliphatic carbocycles. The third-order valence-corrected chi connectivity index (χ3v) is 6.19. The molecule has 1 spiro atoms. The van der Waals surface area contributed by atoms with Crippen LogP contribution in [0.3, 0.4) is 0 Å². The summed E-state index contributed by atoms with van der Waals surface area (Å²) in [5.74, 6) is -0.0946. The zero-order valence-corrected chi connectivity index (χ0v) is 17.1. The molecular weight excluding hydrogens is 395 g/mol. The summed E-state index contributed by atoms with van der Waals surface area (Å²) in [6.45, 7) is 4.88. The molecule has 0 bridgehead atoms. The highest BCUT2D eigenvalue weighted by atomic mass is 35.5. The summed E-state index contributed by atoms with van der Waals surface area (Å²) >= 11 is 5.80. The summed E-state index contributed by atoms with van der Waals surface area (Å²) in [6, 6.07) is 4.20. The van der Waals surface area contributed by atoms with Crippen LogP contribution in [0.15, 0.2) is 30.6 Å². The Morgan fingerprint density at radius 1 is 1.28 bits per heavy atom. The van der Waals surface area contributed by atoms with Crippen molar-refractivity contribution in [2.75, 3.05) is 31.6 Å². The van der Waals surface area contributed by atoms with E-state index in [0.29, 0.717) is 22.1 Å². The Kier molecular flexibility index (Phi) is 5.69. The lowest BCUT2D eigenvalue weighted by Crippen LogP contribution is -2.35. The van der Waals surface area contributed by atoms with Gasteiger partial charge in [-0.1, -0.05) is 17.7 Å². The van der Waals surface area contributed by atoms with Crippen molar-refractivity contribution in [2.24, 2.45) is 5.41 Å². The number of rotatable bonds is 4. The SMILES string of the molecule is C[C@@H](Nc1ncc(C(=O)N2CCC3(CCOCC3)C2)cn1)c1ccc(Cl)cc1F. The van der Waals surface area contributed by atoms with E-state index in [-0.39, 0.29) is 23.2 Å². The van der Waals surface area contributed by atoms with Gasteiger partial charge in [-0.3, -0.25) is 4.79 Å². The van der Waals surface area contributed by atoms with Crippen LogP contribution in [0.2, 0.25) is 5.02 Å². The van der Waals surface area contributed by atoms with Gasteiger partial charge in [-0.2, -0.15) is 0 Å². The number of nitrogens with zero attached hydrogens (tertiary/aromatic N) is 3. The predicted molar refractivity (Wildman–Crippen MR) is 108 cm³/mol. The van der Waals surface area contributed by atoms with Gasteiger partial charge in [0, 0.05) is 49.3 Å². The zero-order valence-electron chi connectivity index (χ0n) is 16.3. The molecule has 1 atom stereocenters. The molecule has 3 heterocycles. The van der Waals surface area contributed by atoms with Crippen molar-refractivity contribution < 1.29 is 13.9 Å². The molecular formula is C21H24ClFN4O2. The van der Waals surface area contributed by atoms with Gasteiger partial charge in [0.1, 0.15) is 5.82 Å². The van der Waals surface area contributed by atoms with Crippen LogP contribution in [-0.2, 0) is 4.74 Å². The van der Waals surface area contributed by atoms with Crippen molar-refractivity contribution in [2.45, 2.75) is 32.2 Å². The van der Waals surface area contributed by atoms with E-state index < -0.39 is 0 Å². The second-order valence-corrected chi connectivity index (χ2v) is 8.35. The summed E-state index contributed by atoms with van der Waals surface area (Å²) in [5.41, 5.74) is 1.14. The maximum Gasteiger partial charge on any atom is 0.257 e. The fourth-order valence-corrected chi connectivity index (χ4v) is 4.30. The van der Waals surface area contributed by atoms with Crippen LogP contribution in [0.4, 0.5) is 10.3 Å². The van der Waals surface area contributed by atoms with Gasteiger partial charge < -0.3 is 15.0 Å². The monoisotopic (exact) mass is 418 g/mol. The molecule has 154 valence electrons. The Morgan fingerprint density at radius 2 is 2.00 bits per heavy atom. The molecule has 4 rings (SSSR count). The van der Waals surface area contributed by atoms with Crippen molar-refractivity contribution in [1.82, 2.24) is 14.9 Å². The maximum atomic E-state index is 14.1. The highest BCUT2D eigenvalue weighted by Gasteiger charge is 2.41. The van der Waals surface area contributed by atoms with Gasteiger partial charge in [0.05, 0.1) is 11.6 Å². The molecule has 2 aromatic rings. The van der Waals surface area contributed by atoms with Crippen LogP contribution in [0, 0.1) is 11.2 Å². The minimum Gasteiger partial charge on any atom is -0.381 e. The molecule has 0 unspecified atom stereocenters. The fraction of sp³-hybridized carbons (Fsp3) is 0.476. The third kappa shape index (κ3) is 4.36. The number of amides is 1. The predicted octanol–water partition coefficient (Wildman–Crippen LogP) is 4.08. The van der Waals surface area contributed by atoms with Crippen LogP contribution in [-0.4, -0.2) is 47.1 Å². The van der Waals surface area contributed by atoms with Gasteiger partial charge in [0.25, 0.3) is 5.91 Å². The number of ether oxygens (including phenoxy) is 1. The molecule has 2 fully saturated rings.